The minimum atomic E-state index is -0.739. The molecule has 1 aromatic heterocycles. The van der Waals surface area contributed by atoms with Crippen LogP contribution in [0, 0.1) is 5.92 Å². The van der Waals surface area contributed by atoms with E-state index in [2.05, 4.69) is 0 Å². The van der Waals surface area contributed by atoms with Crippen molar-refractivity contribution in [2.75, 3.05) is 19.7 Å². The molecule has 8 heteroatoms. The number of hydrogen-bond acceptors (Lipinski definition) is 6. The summed E-state index contributed by atoms with van der Waals surface area (Å²) in [6, 6.07) is 9.80. The number of carbonyl (C=O) groups excluding carboxylic acids is 4. The quantitative estimate of drug-likeness (QED) is 0.588. The smallest absolute Gasteiger partial charge is 0.339 e. The van der Waals surface area contributed by atoms with E-state index in [1.54, 1.807) is 35.7 Å². The monoisotopic (exact) mass is 400 g/mol. The molecule has 0 saturated carbocycles. The van der Waals surface area contributed by atoms with Gasteiger partial charge < -0.3 is 15.4 Å². The van der Waals surface area contributed by atoms with Crippen LogP contribution in [0.1, 0.15) is 38.4 Å². The van der Waals surface area contributed by atoms with E-state index in [0.717, 1.165) is 0 Å². The number of amides is 2. The van der Waals surface area contributed by atoms with E-state index < -0.39 is 18.5 Å². The maximum Gasteiger partial charge on any atom is 0.339 e. The summed E-state index contributed by atoms with van der Waals surface area (Å²) in [6.45, 7) is 0.276. The molecule has 0 unspecified atom stereocenters. The second kappa shape index (κ2) is 8.79. The lowest BCUT2D eigenvalue weighted by atomic mass is 9.97. The highest BCUT2D eigenvalue weighted by atomic mass is 32.1. The molecule has 3 rings (SSSR count). The van der Waals surface area contributed by atoms with Crippen LogP contribution in [0.15, 0.2) is 41.8 Å². The van der Waals surface area contributed by atoms with E-state index in [9.17, 15) is 19.2 Å². The van der Waals surface area contributed by atoms with Gasteiger partial charge in [0.05, 0.1) is 16.4 Å². The largest absolute Gasteiger partial charge is 0.452 e. The molecule has 1 aliphatic rings. The molecule has 2 heterocycles. The number of piperidine rings is 1. The molecule has 146 valence electrons. The number of likely N-dealkylation sites (tertiary alicyclic amines) is 1. The third kappa shape index (κ3) is 4.45. The number of ketones is 1. The van der Waals surface area contributed by atoms with Crippen LogP contribution in [0.4, 0.5) is 0 Å². The van der Waals surface area contributed by atoms with E-state index in [1.165, 1.54) is 22.3 Å². The molecule has 0 spiro atoms. The van der Waals surface area contributed by atoms with Gasteiger partial charge in [-0.1, -0.05) is 24.3 Å². The van der Waals surface area contributed by atoms with E-state index in [0.29, 0.717) is 24.3 Å². The number of primary amides is 1. The molecule has 28 heavy (non-hydrogen) atoms. The van der Waals surface area contributed by atoms with Crippen molar-refractivity contribution in [1.82, 2.24) is 4.90 Å². The van der Waals surface area contributed by atoms with Crippen LogP contribution in [0.3, 0.4) is 0 Å². The molecule has 7 nitrogen and oxygen atoms in total. The minimum absolute atomic E-state index is 0.113. The Hall–Kier alpha value is -3.00. The predicted molar refractivity (Wildman–Crippen MR) is 103 cm³/mol. The Kier molecular flexibility index (Phi) is 6.20. The first-order chi connectivity index (χ1) is 13.5. The van der Waals surface area contributed by atoms with Crippen molar-refractivity contribution in [2.24, 2.45) is 11.7 Å². The van der Waals surface area contributed by atoms with Crippen LogP contribution < -0.4 is 5.73 Å². The molecule has 1 atom stereocenters. The van der Waals surface area contributed by atoms with Crippen LogP contribution in [0.2, 0.25) is 0 Å². The zero-order chi connectivity index (χ0) is 20.1. The van der Waals surface area contributed by atoms with Gasteiger partial charge in [0.15, 0.2) is 6.61 Å². The highest BCUT2D eigenvalue weighted by Gasteiger charge is 2.28. The Morgan fingerprint density at radius 3 is 2.54 bits per heavy atom. The number of nitrogens with two attached hydrogens (primary N) is 1. The van der Waals surface area contributed by atoms with Crippen LogP contribution >= 0.6 is 11.3 Å². The van der Waals surface area contributed by atoms with Crippen molar-refractivity contribution in [1.29, 1.82) is 0 Å². The fourth-order valence-corrected chi connectivity index (χ4v) is 3.81. The highest BCUT2D eigenvalue weighted by Crippen LogP contribution is 2.20. The fourth-order valence-electron chi connectivity index (χ4n) is 3.13. The van der Waals surface area contributed by atoms with Gasteiger partial charge in [-0.25, -0.2) is 4.79 Å². The maximum atomic E-state index is 12.6. The lowest BCUT2D eigenvalue weighted by Gasteiger charge is -2.31. The molecule has 1 aromatic carbocycles. The van der Waals surface area contributed by atoms with Gasteiger partial charge in [0.1, 0.15) is 0 Å². The Morgan fingerprint density at radius 1 is 1.11 bits per heavy atom. The summed E-state index contributed by atoms with van der Waals surface area (Å²) in [5.74, 6) is -2.21. The van der Waals surface area contributed by atoms with Crippen LogP contribution in [-0.2, 0) is 14.3 Å². The van der Waals surface area contributed by atoms with Gasteiger partial charge in [-0.05, 0) is 30.4 Å². The topological polar surface area (TPSA) is 107 Å². The van der Waals surface area contributed by atoms with Gasteiger partial charge in [-0.3, -0.25) is 14.4 Å². The average molecular weight is 400 g/mol. The van der Waals surface area contributed by atoms with Crippen molar-refractivity contribution in [3.63, 3.8) is 0 Å². The Bertz CT molecular complexity index is 894. The molecule has 2 amide bonds. The van der Waals surface area contributed by atoms with Gasteiger partial charge in [0.2, 0.25) is 11.7 Å². The summed E-state index contributed by atoms with van der Waals surface area (Å²) < 4.78 is 5.15. The average Bonchev–Trinajstić information content (AvgIpc) is 3.26. The zero-order valence-corrected chi connectivity index (χ0v) is 15.9. The van der Waals surface area contributed by atoms with E-state index >= 15 is 0 Å². The summed E-state index contributed by atoms with van der Waals surface area (Å²) in [5, 5.41) is 1.78. The number of nitrogens with zero attached hydrogens (tertiary/aromatic N) is 1. The number of benzene rings is 1. The molecule has 1 saturated heterocycles. The summed E-state index contributed by atoms with van der Waals surface area (Å²) in [5.41, 5.74) is 5.66. The molecule has 2 aromatic rings. The zero-order valence-electron chi connectivity index (χ0n) is 15.1. The summed E-state index contributed by atoms with van der Waals surface area (Å²) in [4.78, 5) is 50.8. The third-order valence-electron chi connectivity index (χ3n) is 4.64. The first-order valence-electron chi connectivity index (χ1n) is 8.89. The second-order valence-corrected chi connectivity index (χ2v) is 7.46. The molecular formula is C20H20N2O5S. The minimum Gasteiger partial charge on any atom is -0.452 e. The SMILES string of the molecule is NC(=O)[C@H]1CCCN(C(=O)COC(=O)c2ccccc2C(=O)c2cccs2)C1. The predicted octanol–water partition coefficient (Wildman–Crippen LogP) is 1.86. The van der Waals surface area contributed by atoms with Gasteiger partial charge >= 0.3 is 5.97 Å². The Balaban J connectivity index is 1.65. The van der Waals surface area contributed by atoms with Gasteiger partial charge in [0, 0.05) is 18.7 Å². The summed E-state index contributed by atoms with van der Waals surface area (Å²) >= 11 is 1.29. The molecule has 1 aliphatic heterocycles. The number of hydrogen-bond donors (Lipinski definition) is 1. The second-order valence-electron chi connectivity index (χ2n) is 6.51. The summed E-state index contributed by atoms with van der Waals surface area (Å²) in [6.07, 6.45) is 1.32. The van der Waals surface area contributed by atoms with E-state index in [-0.39, 0.29) is 35.3 Å². The maximum absolute atomic E-state index is 12.6. The lowest BCUT2D eigenvalue weighted by Crippen LogP contribution is -2.45. The van der Waals surface area contributed by atoms with Crippen LogP contribution in [0.5, 0.6) is 0 Å². The summed E-state index contributed by atoms with van der Waals surface area (Å²) in [7, 11) is 0. The molecule has 0 aliphatic carbocycles. The van der Waals surface area contributed by atoms with Crippen molar-refractivity contribution < 1.29 is 23.9 Å². The Labute approximate surface area is 166 Å². The number of esters is 1. The van der Waals surface area contributed by atoms with Crippen molar-refractivity contribution in [3.05, 3.63) is 57.8 Å². The number of ether oxygens (including phenoxy) is 1. The molecular weight excluding hydrogens is 380 g/mol. The molecule has 0 radical (unpaired) electrons. The molecule has 0 bridgehead atoms. The lowest BCUT2D eigenvalue weighted by molar-refractivity contribution is -0.137. The first-order valence-corrected chi connectivity index (χ1v) is 9.76. The van der Waals surface area contributed by atoms with E-state index in [1.807, 2.05) is 0 Å². The van der Waals surface area contributed by atoms with Gasteiger partial charge in [-0.15, -0.1) is 11.3 Å². The van der Waals surface area contributed by atoms with Crippen molar-refractivity contribution in [3.8, 4) is 0 Å². The fraction of sp³-hybridized carbons (Fsp3) is 0.300. The van der Waals surface area contributed by atoms with Crippen molar-refractivity contribution >= 4 is 34.9 Å². The number of carbonyl (C=O) groups is 4. The van der Waals surface area contributed by atoms with Crippen molar-refractivity contribution in [2.45, 2.75) is 12.8 Å². The molecule has 1 fully saturated rings. The van der Waals surface area contributed by atoms with Crippen LogP contribution in [-0.4, -0.2) is 48.2 Å². The van der Waals surface area contributed by atoms with Gasteiger partial charge in [0.25, 0.3) is 5.91 Å². The number of thiophene rings is 1. The Morgan fingerprint density at radius 2 is 1.86 bits per heavy atom. The number of rotatable bonds is 6. The standard InChI is InChI=1S/C20H20N2O5S/c21-19(25)13-5-3-9-22(11-13)17(23)12-27-20(26)15-7-2-1-6-14(15)18(24)16-8-4-10-28-16/h1-2,4,6-8,10,13H,3,5,9,11-12H2,(H2,21,25)/t13-/m0/s1. The first kappa shape index (κ1) is 19.8. The normalized spacial score (nSPS) is 16.4. The van der Waals surface area contributed by atoms with E-state index in [4.69, 9.17) is 10.5 Å². The van der Waals surface area contributed by atoms with Crippen LogP contribution in [0.25, 0.3) is 0 Å². The highest BCUT2D eigenvalue weighted by molar-refractivity contribution is 7.12. The van der Waals surface area contributed by atoms with Gasteiger partial charge in [-0.2, -0.15) is 0 Å². The molecule has 2 N–H and O–H groups in total. The third-order valence-corrected chi connectivity index (χ3v) is 5.51.